The molecule has 1 aliphatic heterocycles. The maximum Gasteiger partial charge on any atom is 0.409 e. The van der Waals surface area contributed by atoms with Gasteiger partial charge in [-0.05, 0) is 42.6 Å². The standard InChI is InChI=1S/C18H22N2O6/c1-2-25-18(23)20-9-7-14(8-10-20)16(21)11-17(22)26-12-13-3-5-15(19-24)6-4-13/h3-6,14H,2,7-12H2,1H3. The molecule has 0 saturated carbocycles. The Morgan fingerprint density at radius 3 is 2.35 bits per heavy atom. The number of amides is 1. The average molecular weight is 362 g/mol. The van der Waals surface area contributed by atoms with Gasteiger partial charge in [-0.25, -0.2) is 4.79 Å². The van der Waals surface area contributed by atoms with Gasteiger partial charge in [0.05, 0.1) is 6.61 Å². The van der Waals surface area contributed by atoms with Crippen LogP contribution in [-0.2, 0) is 25.7 Å². The minimum atomic E-state index is -0.583. The second-order valence-electron chi connectivity index (χ2n) is 6.02. The van der Waals surface area contributed by atoms with Crippen LogP contribution in [0.5, 0.6) is 0 Å². The van der Waals surface area contributed by atoms with Crippen LogP contribution < -0.4 is 0 Å². The Morgan fingerprint density at radius 2 is 1.77 bits per heavy atom. The summed E-state index contributed by atoms with van der Waals surface area (Å²) in [6.07, 6.45) is 0.391. The second-order valence-corrected chi connectivity index (χ2v) is 6.02. The largest absolute Gasteiger partial charge is 0.460 e. The summed E-state index contributed by atoms with van der Waals surface area (Å²) in [7, 11) is 0. The Labute approximate surface area is 151 Å². The summed E-state index contributed by atoms with van der Waals surface area (Å²) >= 11 is 0. The number of ketones is 1. The first kappa shape index (κ1) is 19.6. The van der Waals surface area contributed by atoms with E-state index in [1.807, 2.05) is 0 Å². The molecule has 0 N–H and O–H groups in total. The first-order valence-corrected chi connectivity index (χ1v) is 8.55. The fourth-order valence-electron chi connectivity index (χ4n) is 2.75. The van der Waals surface area contributed by atoms with Crippen LogP contribution in [0.1, 0.15) is 31.7 Å². The Hall–Kier alpha value is -2.77. The third-order valence-electron chi connectivity index (χ3n) is 4.24. The average Bonchev–Trinajstić information content (AvgIpc) is 2.67. The predicted molar refractivity (Wildman–Crippen MR) is 92.6 cm³/mol. The number of rotatable bonds is 7. The third kappa shape index (κ3) is 5.65. The molecule has 2 rings (SSSR count). The van der Waals surface area contributed by atoms with Crippen LogP contribution in [0, 0.1) is 10.8 Å². The van der Waals surface area contributed by atoms with Gasteiger partial charge in [-0.3, -0.25) is 9.59 Å². The summed E-state index contributed by atoms with van der Waals surface area (Å²) in [5.41, 5.74) is 1.00. The highest BCUT2D eigenvalue weighted by Gasteiger charge is 2.29. The number of likely N-dealkylation sites (tertiary alicyclic amines) is 1. The number of carbonyl (C=O) groups is 3. The number of ether oxygens (including phenoxy) is 2. The molecule has 1 saturated heterocycles. The van der Waals surface area contributed by atoms with Crippen molar-refractivity contribution in [2.75, 3.05) is 19.7 Å². The van der Waals surface area contributed by atoms with E-state index in [9.17, 15) is 19.3 Å². The van der Waals surface area contributed by atoms with Crippen molar-refractivity contribution in [2.24, 2.45) is 11.1 Å². The number of nitroso groups, excluding NO2 is 1. The van der Waals surface area contributed by atoms with Gasteiger partial charge in [-0.2, -0.15) is 0 Å². The topological polar surface area (TPSA) is 102 Å². The molecule has 1 heterocycles. The molecule has 26 heavy (non-hydrogen) atoms. The lowest BCUT2D eigenvalue weighted by molar-refractivity contribution is -0.148. The lowest BCUT2D eigenvalue weighted by Gasteiger charge is -2.30. The van der Waals surface area contributed by atoms with E-state index < -0.39 is 5.97 Å². The molecule has 0 radical (unpaired) electrons. The maximum atomic E-state index is 12.2. The monoisotopic (exact) mass is 362 g/mol. The number of carbonyl (C=O) groups excluding carboxylic acids is 3. The number of Topliss-reactive ketones (excluding diaryl/α,β-unsaturated/α-hetero) is 1. The molecular weight excluding hydrogens is 340 g/mol. The van der Waals surface area contributed by atoms with Crippen LogP contribution in [0.15, 0.2) is 29.4 Å². The van der Waals surface area contributed by atoms with Crippen molar-refractivity contribution in [3.63, 3.8) is 0 Å². The molecule has 8 heteroatoms. The maximum absolute atomic E-state index is 12.2. The van der Waals surface area contributed by atoms with Crippen LogP contribution in [0.2, 0.25) is 0 Å². The summed E-state index contributed by atoms with van der Waals surface area (Å²) in [6.45, 7) is 2.99. The van der Waals surface area contributed by atoms with Crippen LogP contribution >= 0.6 is 0 Å². The number of benzene rings is 1. The van der Waals surface area contributed by atoms with E-state index in [1.54, 1.807) is 24.0 Å². The zero-order valence-corrected chi connectivity index (χ0v) is 14.7. The predicted octanol–water partition coefficient (Wildman–Crippen LogP) is 2.96. The third-order valence-corrected chi connectivity index (χ3v) is 4.24. The molecular formula is C18H22N2O6. The Bertz CT molecular complexity index is 650. The second kappa shape index (κ2) is 9.65. The van der Waals surface area contributed by atoms with Gasteiger partial charge in [0, 0.05) is 19.0 Å². The van der Waals surface area contributed by atoms with Crippen LogP contribution in [-0.4, -0.2) is 42.4 Å². The molecule has 8 nitrogen and oxygen atoms in total. The Morgan fingerprint density at radius 1 is 1.12 bits per heavy atom. The number of nitrogens with zero attached hydrogens (tertiary/aromatic N) is 2. The fraction of sp³-hybridized carbons (Fsp3) is 0.500. The minimum absolute atomic E-state index is 0.0343. The van der Waals surface area contributed by atoms with E-state index in [-0.39, 0.29) is 30.8 Å². The first-order chi connectivity index (χ1) is 12.5. The molecule has 0 unspecified atom stereocenters. The highest BCUT2D eigenvalue weighted by atomic mass is 16.6. The van der Waals surface area contributed by atoms with Crippen LogP contribution in [0.3, 0.4) is 0 Å². The summed E-state index contributed by atoms with van der Waals surface area (Å²) in [5, 5.41) is 2.79. The first-order valence-electron chi connectivity index (χ1n) is 8.55. The van der Waals surface area contributed by atoms with Gasteiger partial charge in [0.25, 0.3) is 0 Å². The van der Waals surface area contributed by atoms with Gasteiger partial charge in [0.15, 0.2) is 0 Å². The molecule has 0 aliphatic carbocycles. The van der Waals surface area contributed by atoms with Gasteiger partial charge < -0.3 is 14.4 Å². The fourth-order valence-corrected chi connectivity index (χ4v) is 2.75. The Balaban J connectivity index is 1.72. The quantitative estimate of drug-likeness (QED) is 0.420. The van der Waals surface area contributed by atoms with Crippen molar-refractivity contribution < 1.29 is 23.9 Å². The molecule has 0 atom stereocenters. The summed E-state index contributed by atoms with van der Waals surface area (Å²) < 4.78 is 10.0. The smallest absolute Gasteiger partial charge is 0.409 e. The number of hydrogen-bond donors (Lipinski definition) is 0. The normalized spacial score (nSPS) is 14.6. The number of hydrogen-bond acceptors (Lipinski definition) is 7. The molecule has 1 aromatic rings. The van der Waals surface area contributed by atoms with Crippen molar-refractivity contribution in [3.05, 3.63) is 34.7 Å². The van der Waals surface area contributed by atoms with Gasteiger partial charge in [0.1, 0.15) is 24.5 Å². The zero-order chi connectivity index (χ0) is 18.9. The highest BCUT2D eigenvalue weighted by Crippen LogP contribution is 2.20. The van der Waals surface area contributed by atoms with Crippen molar-refractivity contribution in [2.45, 2.75) is 32.8 Å². The number of esters is 1. The summed E-state index contributed by atoms with van der Waals surface area (Å²) in [4.78, 5) is 47.6. The molecule has 1 aliphatic rings. The van der Waals surface area contributed by atoms with Gasteiger partial charge >= 0.3 is 12.1 Å². The molecule has 0 aromatic heterocycles. The molecule has 0 bridgehead atoms. The summed E-state index contributed by atoms with van der Waals surface area (Å²) in [6, 6.07) is 6.32. The van der Waals surface area contributed by atoms with Crippen molar-refractivity contribution >= 4 is 23.5 Å². The SMILES string of the molecule is CCOC(=O)N1CCC(C(=O)CC(=O)OCc2ccc(N=O)cc2)CC1. The van der Waals surface area contributed by atoms with E-state index in [4.69, 9.17) is 9.47 Å². The van der Waals surface area contributed by atoms with Gasteiger partial charge in [-0.1, -0.05) is 12.1 Å². The molecule has 1 aromatic carbocycles. The van der Waals surface area contributed by atoms with Crippen molar-refractivity contribution in [1.82, 2.24) is 4.90 Å². The minimum Gasteiger partial charge on any atom is -0.460 e. The zero-order valence-electron chi connectivity index (χ0n) is 14.7. The Kier molecular flexibility index (Phi) is 7.25. The van der Waals surface area contributed by atoms with Crippen molar-refractivity contribution in [3.8, 4) is 0 Å². The van der Waals surface area contributed by atoms with E-state index in [0.717, 1.165) is 0 Å². The van der Waals surface area contributed by atoms with E-state index in [2.05, 4.69) is 5.18 Å². The molecule has 1 fully saturated rings. The lowest BCUT2D eigenvalue weighted by Crippen LogP contribution is -2.40. The van der Waals surface area contributed by atoms with Gasteiger partial charge in [0.2, 0.25) is 0 Å². The van der Waals surface area contributed by atoms with E-state index in [0.29, 0.717) is 43.8 Å². The van der Waals surface area contributed by atoms with Crippen molar-refractivity contribution in [1.29, 1.82) is 0 Å². The van der Waals surface area contributed by atoms with E-state index >= 15 is 0 Å². The van der Waals surface area contributed by atoms with E-state index in [1.165, 1.54) is 12.1 Å². The number of piperidine rings is 1. The molecule has 1 amide bonds. The highest BCUT2D eigenvalue weighted by molar-refractivity contribution is 5.96. The van der Waals surface area contributed by atoms with Crippen LogP contribution in [0.4, 0.5) is 10.5 Å². The van der Waals surface area contributed by atoms with Crippen LogP contribution in [0.25, 0.3) is 0 Å². The van der Waals surface area contributed by atoms with Gasteiger partial charge in [-0.15, -0.1) is 4.91 Å². The molecule has 0 spiro atoms. The molecule has 140 valence electrons. The lowest BCUT2D eigenvalue weighted by atomic mass is 9.91. The summed E-state index contributed by atoms with van der Waals surface area (Å²) in [5.74, 6) is -0.995.